The van der Waals surface area contributed by atoms with Crippen LogP contribution >= 0.6 is 0 Å². The number of hydrogen-bond donors (Lipinski definition) is 0. The number of aromatic nitrogens is 3. The first-order chi connectivity index (χ1) is 12.2. The Balaban J connectivity index is 1.60. The predicted molar refractivity (Wildman–Crippen MR) is 86.5 cm³/mol. The number of carbonyl (C=O) groups excluding carboxylic acids is 1. The molecule has 3 heterocycles. The first-order valence-corrected chi connectivity index (χ1v) is 7.99. The maximum Gasteiger partial charge on any atom is 0.249 e. The smallest absolute Gasteiger partial charge is 0.249 e. The number of likely N-dealkylation sites (tertiary alicyclic amines) is 1. The molecular weight excluding hydrogens is 323 g/mol. The van der Waals surface area contributed by atoms with Crippen LogP contribution in [0.15, 0.2) is 53.3 Å². The third-order valence-corrected chi connectivity index (χ3v) is 4.27. The highest BCUT2D eigenvalue weighted by Gasteiger charge is 2.36. The first-order valence-electron chi connectivity index (χ1n) is 7.99. The highest BCUT2D eigenvalue weighted by Crippen LogP contribution is 2.34. The van der Waals surface area contributed by atoms with Crippen molar-refractivity contribution in [3.63, 3.8) is 0 Å². The lowest BCUT2D eigenvalue weighted by Crippen LogP contribution is -2.27. The summed E-state index contributed by atoms with van der Waals surface area (Å²) in [7, 11) is 0. The molecule has 6 nitrogen and oxygen atoms in total. The molecule has 4 rings (SSSR count). The Morgan fingerprint density at radius 3 is 2.92 bits per heavy atom. The maximum atomic E-state index is 13.9. The number of halogens is 1. The van der Waals surface area contributed by atoms with Crippen LogP contribution in [0.4, 0.5) is 4.39 Å². The quantitative estimate of drug-likeness (QED) is 0.731. The van der Waals surface area contributed by atoms with Gasteiger partial charge in [-0.3, -0.25) is 9.78 Å². The lowest BCUT2D eigenvalue weighted by Gasteiger charge is -2.22. The molecule has 1 aromatic carbocycles. The van der Waals surface area contributed by atoms with E-state index < -0.39 is 0 Å². The molecule has 1 fully saturated rings. The molecule has 0 aliphatic carbocycles. The summed E-state index contributed by atoms with van der Waals surface area (Å²) >= 11 is 0. The van der Waals surface area contributed by atoms with Crippen LogP contribution in [-0.2, 0) is 11.3 Å². The Morgan fingerprint density at radius 2 is 2.12 bits per heavy atom. The van der Waals surface area contributed by atoms with E-state index >= 15 is 0 Å². The number of nitrogens with zero attached hydrogens (tertiary/aromatic N) is 4. The SMILES string of the molecule is O=C1CCC(c2nc(-c3cccnc3)no2)N1Cc1ccccc1F. The van der Waals surface area contributed by atoms with Crippen molar-refractivity contribution in [1.82, 2.24) is 20.0 Å². The van der Waals surface area contributed by atoms with Crippen LogP contribution in [0.3, 0.4) is 0 Å². The lowest BCUT2D eigenvalue weighted by molar-refractivity contribution is -0.130. The second kappa shape index (κ2) is 6.43. The number of rotatable bonds is 4. The van der Waals surface area contributed by atoms with Gasteiger partial charge in [0.2, 0.25) is 17.6 Å². The summed E-state index contributed by atoms with van der Waals surface area (Å²) in [6.07, 6.45) is 4.26. The van der Waals surface area contributed by atoms with Crippen molar-refractivity contribution in [2.24, 2.45) is 0 Å². The summed E-state index contributed by atoms with van der Waals surface area (Å²) in [5.74, 6) is 0.409. The second-order valence-electron chi connectivity index (χ2n) is 5.87. The second-order valence-corrected chi connectivity index (χ2v) is 5.87. The molecule has 1 atom stereocenters. The van der Waals surface area contributed by atoms with Gasteiger partial charge in [-0.05, 0) is 24.6 Å². The highest BCUT2D eigenvalue weighted by molar-refractivity contribution is 5.78. The molecule has 1 saturated heterocycles. The minimum Gasteiger partial charge on any atom is -0.337 e. The Kier molecular flexibility index (Phi) is 3.97. The average Bonchev–Trinajstić information content (AvgIpc) is 3.25. The van der Waals surface area contributed by atoms with Crippen molar-refractivity contribution >= 4 is 5.91 Å². The summed E-state index contributed by atoms with van der Waals surface area (Å²) in [4.78, 5) is 22.3. The van der Waals surface area contributed by atoms with Crippen molar-refractivity contribution in [2.45, 2.75) is 25.4 Å². The van der Waals surface area contributed by atoms with Gasteiger partial charge in [0, 0.05) is 36.5 Å². The third-order valence-electron chi connectivity index (χ3n) is 4.27. The van der Waals surface area contributed by atoms with Gasteiger partial charge < -0.3 is 9.42 Å². The van der Waals surface area contributed by atoms with E-state index in [-0.39, 0.29) is 24.3 Å². The molecule has 1 aliphatic rings. The van der Waals surface area contributed by atoms with E-state index in [9.17, 15) is 9.18 Å². The number of amides is 1. The Morgan fingerprint density at radius 1 is 1.24 bits per heavy atom. The molecule has 0 N–H and O–H groups in total. The predicted octanol–water partition coefficient (Wildman–Crippen LogP) is 3.13. The fourth-order valence-electron chi connectivity index (χ4n) is 2.98. The third kappa shape index (κ3) is 3.00. The molecule has 2 aromatic heterocycles. The molecule has 0 spiro atoms. The fourth-order valence-corrected chi connectivity index (χ4v) is 2.98. The topological polar surface area (TPSA) is 72.1 Å². The molecule has 0 radical (unpaired) electrons. The monoisotopic (exact) mass is 338 g/mol. The van der Waals surface area contributed by atoms with E-state index in [0.29, 0.717) is 30.1 Å². The van der Waals surface area contributed by atoms with E-state index in [1.165, 1.54) is 6.07 Å². The fraction of sp³-hybridized carbons (Fsp3) is 0.222. The van der Waals surface area contributed by atoms with E-state index in [4.69, 9.17) is 4.52 Å². The summed E-state index contributed by atoms with van der Waals surface area (Å²) < 4.78 is 19.3. The normalized spacial score (nSPS) is 17.2. The zero-order valence-corrected chi connectivity index (χ0v) is 13.3. The van der Waals surface area contributed by atoms with Crippen molar-refractivity contribution in [3.05, 3.63) is 66.1 Å². The summed E-state index contributed by atoms with van der Waals surface area (Å²) in [6, 6.07) is 9.71. The van der Waals surface area contributed by atoms with Crippen LogP contribution in [0, 0.1) is 5.82 Å². The number of carbonyl (C=O) groups is 1. The van der Waals surface area contributed by atoms with E-state index in [2.05, 4.69) is 15.1 Å². The van der Waals surface area contributed by atoms with Gasteiger partial charge >= 0.3 is 0 Å². The van der Waals surface area contributed by atoms with Crippen LogP contribution < -0.4 is 0 Å². The van der Waals surface area contributed by atoms with E-state index in [1.54, 1.807) is 41.6 Å². The molecule has 1 aliphatic heterocycles. The van der Waals surface area contributed by atoms with Gasteiger partial charge in [0.1, 0.15) is 11.9 Å². The van der Waals surface area contributed by atoms with Crippen molar-refractivity contribution in [3.8, 4) is 11.4 Å². The maximum absolute atomic E-state index is 13.9. The molecule has 1 unspecified atom stereocenters. The molecular formula is C18H15FN4O2. The minimum absolute atomic E-state index is 0.0469. The molecule has 0 bridgehead atoms. The van der Waals surface area contributed by atoms with Crippen LogP contribution in [0.5, 0.6) is 0 Å². The molecule has 3 aromatic rings. The highest BCUT2D eigenvalue weighted by atomic mass is 19.1. The van der Waals surface area contributed by atoms with E-state index in [1.807, 2.05) is 6.07 Å². The molecule has 7 heteroatoms. The van der Waals surface area contributed by atoms with Crippen molar-refractivity contribution in [2.75, 3.05) is 0 Å². The number of hydrogen-bond acceptors (Lipinski definition) is 5. The van der Waals surface area contributed by atoms with Gasteiger partial charge in [-0.15, -0.1) is 0 Å². The van der Waals surface area contributed by atoms with Gasteiger partial charge in [0.15, 0.2) is 0 Å². The van der Waals surface area contributed by atoms with Crippen LogP contribution in [0.2, 0.25) is 0 Å². The first kappa shape index (κ1) is 15.4. The van der Waals surface area contributed by atoms with Crippen molar-refractivity contribution in [1.29, 1.82) is 0 Å². The largest absolute Gasteiger partial charge is 0.337 e. The van der Waals surface area contributed by atoms with Gasteiger partial charge in [-0.1, -0.05) is 23.4 Å². The Bertz CT molecular complexity index is 897. The Hall–Kier alpha value is -3.09. The van der Waals surface area contributed by atoms with Gasteiger partial charge in [-0.25, -0.2) is 4.39 Å². The van der Waals surface area contributed by atoms with Gasteiger partial charge in [0.25, 0.3) is 0 Å². The average molecular weight is 338 g/mol. The summed E-state index contributed by atoms with van der Waals surface area (Å²) in [5.41, 5.74) is 1.21. The zero-order chi connectivity index (χ0) is 17.2. The number of pyridine rings is 1. The van der Waals surface area contributed by atoms with Crippen LogP contribution in [0.1, 0.15) is 30.3 Å². The minimum atomic E-state index is -0.343. The molecule has 1 amide bonds. The van der Waals surface area contributed by atoms with Crippen LogP contribution in [0.25, 0.3) is 11.4 Å². The zero-order valence-electron chi connectivity index (χ0n) is 13.3. The van der Waals surface area contributed by atoms with Gasteiger partial charge in [-0.2, -0.15) is 4.98 Å². The standard InChI is InChI=1S/C18H15FN4O2/c19-14-6-2-1-4-13(14)11-23-15(7-8-16(23)24)18-21-17(22-25-18)12-5-3-9-20-10-12/h1-6,9-10,15H,7-8,11H2. The Labute approximate surface area is 143 Å². The van der Waals surface area contributed by atoms with E-state index in [0.717, 1.165) is 5.56 Å². The van der Waals surface area contributed by atoms with Crippen molar-refractivity contribution < 1.29 is 13.7 Å². The molecule has 126 valence electrons. The lowest BCUT2D eigenvalue weighted by atomic mass is 10.1. The summed E-state index contributed by atoms with van der Waals surface area (Å²) in [6.45, 7) is 0.181. The van der Waals surface area contributed by atoms with Crippen LogP contribution in [-0.4, -0.2) is 25.9 Å². The molecule has 0 saturated carbocycles. The number of benzene rings is 1. The molecule has 25 heavy (non-hydrogen) atoms. The summed E-state index contributed by atoms with van der Waals surface area (Å²) in [5, 5.41) is 3.98. The van der Waals surface area contributed by atoms with Gasteiger partial charge in [0.05, 0.1) is 0 Å².